The maximum atomic E-state index is 13.5. The number of amides is 1. The van der Waals surface area contributed by atoms with Crippen molar-refractivity contribution in [3.05, 3.63) is 28.1 Å². The molecule has 0 aromatic carbocycles. The van der Waals surface area contributed by atoms with Crippen molar-refractivity contribution in [3.8, 4) is 0 Å². The Morgan fingerprint density at radius 1 is 1.25 bits per heavy atom. The second-order valence-corrected chi connectivity index (χ2v) is 8.45. The largest absolute Gasteiger partial charge is 0.467 e. The van der Waals surface area contributed by atoms with Gasteiger partial charge in [0.15, 0.2) is 17.4 Å². The zero-order chi connectivity index (χ0) is 26.3. The normalized spacial score (nSPS) is 22.8. The van der Waals surface area contributed by atoms with E-state index in [0.717, 1.165) is 0 Å². The van der Waals surface area contributed by atoms with Crippen molar-refractivity contribution in [3.63, 3.8) is 0 Å². The Hall–Kier alpha value is -3.53. The molecule has 3 aromatic rings. The lowest BCUT2D eigenvalue weighted by Crippen LogP contribution is -2.41. The van der Waals surface area contributed by atoms with Crippen LogP contribution in [0.3, 0.4) is 0 Å². The smallest absolute Gasteiger partial charge is 0.407 e. The van der Waals surface area contributed by atoms with Crippen LogP contribution in [0.2, 0.25) is 0 Å². The van der Waals surface area contributed by atoms with Gasteiger partial charge in [0.2, 0.25) is 5.78 Å². The first kappa shape index (κ1) is 25.6. The fraction of sp³-hybridized carbons (Fsp3) is 0.571. The number of fused-ring (bicyclic) bond motifs is 2. The quantitative estimate of drug-likeness (QED) is 0.261. The number of rotatable bonds is 7. The number of imidazole rings is 2. The van der Waals surface area contributed by atoms with Crippen molar-refractivity contribution < 1.29 is 39.1 Å². The molecule has 0 bridgehead atoms. The maximum absolute atomic E-state index is 13.5. The number of aliphatic hydroxyl groups is 3. The number of nitrogens with zero attached hydrogens (tertiary/aromatic N) is 5. The molecule has 36 heavy (non-hydrogen) atoms. The Morgan fingerprint density at radius 2 is 1.97 bits per heavy atom. The topological polar surface area (TPSA) is 192 Å². The first-order valence-corrected chi connectivity index (χ1v) is 11.1. The molecule has 0 aliphatic carbocycles. The Morgan fingerprint density at radius 3 is 2.58 bits per heavy atom. The molecule has 15 nitrogen and oxygen atoms in total. The second-order valence-electron chi connectivity index (χ2n) is 8.45. The van der Waals surface area contributed by atoms with Gasteiger partial charge in [0, 0.05) is 7.05 Å². The van der Waals surface area contributed by atoms with Gasteiger partial charge in [-0.2, -0.15) is 0 Å². The van der Waals surface area contributed by atoms with Crippen LogP contribution in [-0.2, 0) is 32.5 Å². The predicted octanol–water partition coefficient (Wildman–Crippen LogP) is -1.87. The Bertz CT molecular complexity index is 1360. The summed E-state index contributed by atoms with van der Waals surface area (Å²) in [6, 6.07) is -1.01. The number of methoxy groups -OCH3 is 2. The van der Waals surface area contributed by atoms with Gasteiger partial charge in [-0.25, -0.2) is 24.0 Å². The molecule has 196 valence electrons. The number of alkyl carbamates (subject to hydrolysis) is 1. The average Bonchev–Trinajstić information content (AvgIpc) is 3.54. The van der Waals surface area contributed by atoms with E-state index in [9.17, 15) is 29.7 Å². The van der Waals surface area contributed by atoms with E-state index in [0.29, 0.717) is 17.0 Å². The molecule has 1 amide bonds. The highest BCUT2D eigenvalue weighted by Crippen LogP contribution is 2.31. The Balaban J connectivity index is 1.75. The molecular weight excluding hydrogens is 480 g/mol. The van der Waals surface area contributed by atoms with E-state index in [1.165, 1.54) is 29.5 Å². The van der Waals surface area contributed by atoms with Crippen molar-refractivity contribution >= 4 is 29.0 Å². The molecule has 0 spiro atoms. The van der Waals surface area contributed by atoms with E-state index in [-0.39, 0.29) is 24.1 Å². The van der Waals surface area contributed by atoms with Crippen molar-refractivity contribution in [2.24, 2.45) is 7.05 Å². The average molecular weight is 508 g/mol. The minimum atomic E-state index is -1.36. The van der Waals surface area contributed by atoms with Gasteiger partial charge in [-0.1, -0.05) is 0 Å². The minimum Gasteiger partial charge on any atom is -0.467 e. The molecule has 5 atom stereocenters. The number of esters is 1. The number of aryl methyl sites for hydroxylation is 3. The van der Waals surface area contributed by atoms with Crippen LogP contribution >= 0.6 is 0 Å². The van der Waals surface area contributed by atoms with Crippen LogP contribution in [0.4, 0.5) is 4.79 Å². The molecule has 1 aliphatic heterocycles. The molecule has 0 unspecified atom stereocenters. The zero-order valence-corrected chi connectivity index (χ0v) is 20.1. The maximum Gasteiger partial charge on any atom is 0.407 e. The number of ether oxygens (including phenoxy) is 3. The van der Waals surface area contributed by atoms with E-state index >= 15 is 0 Å². The van der Waals surface area contributed by atoms with Crippen molar-refractivity contribution in [1.82, 2.24) is 28.8 Å². The molecule has 1 aliphatic rings. The summed E-state index contributed by atoms with van der Waals surface area (Å²) >= 11 is 0. The number of hydrogen-bond acceptors (Lipinski definition) is 11. The first-order chi connectivity index (χ1) is 17.1. The summed E-state index contributed by atoms with van der Waals surface area (Å²) in [6.07, 6.45) is -3.96. The van der Waals surface area contributed by atoms with E-state index in [1.807, 2.05) is 0 Å². The molecule has 4 N–H and O–H groups in total. The summed E-state index contributed by atoms with van der Waals surface area (Å²) in [5, 5.41) is 32.4. The molecule has 1 fully saturated rings. The third-order valence-electron chi connectivity index (χ3n) is 6.37. The molecule has 0 radical (unpaired) electrons. The minimum absolute atomic E-state index is 0.0543. The molecule has 0 saturated carbocycles. The molecule has 15 heteroatoms. The summed E-state index contributed by atoms with van der Waals surface area (Å²) in [7, 11) is 4.03. The van der Waals surface area contributed by atoms with Gasteiger partial charge in [-0.15, -0.1) is 0 Å². The van der Waals surface area contributed by atoms with Crippen molar-refractivity contribution in [2.45, 2.75) is 50.3 Å². The third kappa shape index (κ3) is 4.09. The van der Waals surface area contributed by atoms with E-state index in [1.54, 1.807) is 18.5 Å². The SMILES string of the molecule is COC(=O)N[C@@H](CCc1c(C)nc2n(C)c3c(ncn3[C@H]3O[C@H](CO)[C@H](O)[C@@H]3O)c(=O)n12)C(=O)OC. The Kier molecular flexibility index (Phi) is 6.99. The van der Waals surface area contributed by atoms with Gasteiger partial charge in [-0.3, -0.25) is 13.9 Å². The monoisotopic (exact) mass is 508 g/mol. The van der Waals surface area contributed by atoms with E-state index in [2.05, 4.69) is 20.0 Å². The standard InChI is InChI=1S/C21H28N6O9/c1-9-11(6-5-10(19(32)34-3)24-21(33)35-4)27-17(31)13-16(25(2)20(27)23-9)26(8-22-13)18-15(30)14(29)12(7-28)36-18/h8,10,12,14-15,18,28-30H,5-7H2,1-4H3,(H,24,33)/t10-,12+,14-,15-,18-/m0/s1. The lowest BCUT2D eigenvalue weighted by atomic mass is 10.1. The molecule has 3 aromatic heterocycles. The van der Waals surface area contributed by atoms with Gasteiger partial charge in [-0.05, 0) is 19.8 Å². The molecule has 4 rings (SSSR count). The summed E-state index contributed by atoms with van der Waals surface area (Å²) in [5.74, 6) is -0.400. The van der Waals surface area contributed by atoms with Crippen LogP contribution in [0, 0.1) is 6.92 Å². The van der Waals surface area contributed by atoms with E-state index in [4.69, 9.17) is 9.47 Å². The number of aromatic nitrogens is 5. The van der Waals surface area contributed by atoms with Crippen LogP contribution in [0.5, 0.6) is 0 Å². The van der Waals surface area contributed by atoms with Crippen LogP contribution < -0.4 is 10.9 Å². The van der Waals surface area contributed by atoms with Gasteiger partial charge in [0.05, 0.1) is 38.5 Å². The summed E-state index contributed by atoms with van der Waals surface area (Å²) in [4.78, 5) is 46.0. The van der Waals surface area contributed by atoms with Crippen molar-refractivity contribution in [1.29, 1.82) is 0 Å². The van der Waals surface area contributed by atoms with Gasteiger partial charge >= 0.3 is 12.1 Å². The highest BCUT2D eigenvalue weighted by Gasteiger charge is 2.44. The van der Waals surface area contributed by atoms with Gasteiger partial charge in [0.1, 0.15) is 24.4 Å². The summed E-state index contributed by atoms with van der Waals surface area (Å²) in [6.45, 7) is 1.21. The third-order valence-corrected chi connectivity index (χ3v) is 6.37. The summed E-state index contributed by atoms with van der Waals surface area (Å²) < 4.78 is 19.3. The lowest BCUT2D eigenvalue weighted by molar-refractivity contribution is -0.143. The number of nitrogens with one attached hydrogen (secondary N) is 1. The van der Waals surface area contributed by atoms with Crippen LogP contribution in [0.1, 0.15) is 24.0 Å². The molecule has 4 heterocycles. The lowest BCUT2D eigenvalue weighted by Gasteiger charge is -2.18. The van der Waals surface area contributed by atoms with Crippen LogP contribution in [0.15, 0.2) is 11.1 Å². The fourth-order valence-corrected chi connectivity index (χ4v) is 4.49. The van der Waals surface area contributed by atoms with Gasteiger partial charge < -0.3 is 34.8 Å². The van der Waals surface area contributed by atoms with Crippen molar-refractivity contribution in [2.75, 3.05) is 20.8 Å². The number of carbonyl (C=O) groups is 2. The van der Waals surface area contributed by atoms with Crippen LogP contribution in [0.25, 0.3) is 16.9 Å². The number of hydrogen-bond donors (Lipinski definition) is 4. The molecule has 1 saturated heterocycles. The fourth-order valence-electron chi connectivity index (χ4n) is 4.49. The highest BCUT2D eigenvalue weighted by molar-refractivity contribution is 5.81. The molecular formula is C21H28N6O9. The Labute approximate surface area is 203 Å². The highest BCUT2D eigenvalue weighted by atomic mass is 16.6. The zero-order valence-electron chi connectivity index (χ0n) is 20.1. The van der Waals surface area contributed by atoms with E-state index < -0.39 is 54.8 Å². The predicted molar refractivity (Wildman–Crippen MR) is 121 cm³/mol. The second kappa shape index (κ2) is 9.85. The van der Waals surface area contributed by atoms with Crippen LogP contribution in [-0.4, -0.2) is 96.1 Å². The first-order valence-electron chi connectivity index (χ1n) is 11.1. The summed E-state index contributed by atoms with van der Waals surface area (Å²) in [5.41, 5.74) is 0.888. The van der Waals surface area contributed by atoms with Gasteiger partial charge in [0.25, 0.3) is 5.56 Å². The number of carbonyl (C=O) groups excluding carboxylic acids is 2. The number of aliphatic hydroxyl groups excluding tert-OH is 3.